The zero-order chi connectivity index (χ0) is 26.1. The highest BCUT2D eigenvalue weighted by Gasteiger charge is 2.38. The quantitative estimate of drug-likeness (QED) is 0.503. The number of anilines is 1. The van der Waals surface area contributed by atoms with Crippen LogP contribution in [0.25, 0.3) is 5.65 Å². The van der Waals surface area contributed by atoms with Gasteiger partial charge in [0, 0.05) is 37.9 Å². The molecule has 3 saturated heterocycles. The van der Waals surface area contributed by atoms with Gasteiger partial charge in [0.15, 0.2) is 5.84 Å². The molecule has 3 aliphatic rings. The fourth-order valence-corrected chi connectivity index (χ4v) is 5.88. The molecule has 38 heavy (non-hydrogen) atoms. The van der Waals surface area contributed by atoms with Gasteiger partial charge in [0.05, 0.1) is 17.9 Å². The number of carbonyl (C=O) groups is 1. The number of nitrogens with one attached hydrogen (secondary N) is 1. The van der Waals surface area contributed by atoms with Gasteiger partial charge in [-0.1, -0.05) is 22.9 Å². The Bertz CT molecular complexity index is 1290. The first kappa shape index (κ1) is 24.8. The molecule has 6 rings (SSSR count). The van der Waals surface area contributed by atoms with Crippen LogP contribution >= 0.6 is 0 Å². The lowest BCUT2D eigenvalue weighted by atomic mass is 9.88. The first-order chi connectivity index (χ1) is 18.6. The van der Waals surface area contributed by atoms with Gasteiger partial charge in [0.2, 0.25) is 17.3 Å². The Morgan fingerprint density at radius 3 is 2.66 bits per heavy atom. The molecule has 1 N–H and O–H groups in total. The van der Waals surface area contributed by atoms with Crippen molar-refractivity contribution in [2.75, 3.05) is 31.2 Å². The number of aromatic nitrogens is 3. The number of benzene rings is 1. The molecular weight excluding hydrogens is 480 g/mol. The van der Waals surface area contributed by atoms with Crippen molar-refractivity contribution in [2.24, 2.45) is 11.1 Å². The van der Waals surface area contributed by atoms with Crippen LogP contribution in [0.5, 0.6) is 5.75 Å². The molecule has 0 spiro atoms. The molecule has 3 fully saturated rings. The van der Waals surface area contributed by atoms with Crippen molar-refractivity contribution in [3.8, 4) is 5.75 Å². The van der Waals surface area contributed by atoms with Crippen LogP contribution in [0.4, 0.5) is 5.69 Å². The van der Waals surface area contributed by atoms with Crippen molar-refractivity contribution >= 4 is 23.1 Å². The van der Waals surface area contributed by atoms with E-state index in [1.807, 2.05) is 17.2 Å². The summed E-state index contributed by atoms with van der Waals surface area (Å²) < 4.78 is 1.67. The van der Waals surface area contributed by atoms with E-state index < -0.39 is 0 Å². The zero-order valence-corrected chi connectivity index (χ0v) is 22.2. The molecule has 3 aromatic rings. The predicted molar refractivity (Wildman–Crippen MR) is 146 cm³/mol. The summed E-state index contributed by atoms with van der Waals surface area (Å²) >= 11 is 0. The Balaban J connectivity index is 1.15. The third-order valence-electron chi connectivity index (χ3n) is 8.21. The summed E-state index contributed by atoms with van der Waals surface area (Å²) in [6.07, 6.45) is 10.3. The SMILES string of the molecule is Cc1ccc(N2NC(C3CCN(C(C)C(=O)N4CCCC4)CC3)C/C2=N/Oc2cnn3cccnc23)cc1. The Morgan fingerprint density at radius 2 is 1.89 bits per heavy atom. The minimum absolute atomic E-state index is 0.0420. The summed E-state index contributed by atoms with van der Waals surface area (Å²) in [7, 11) is 0. The highest BCUT2D eigenvalue weighted by atomic mass is 16.6. The van der Waals surface area contributed by atoms with E-state index >= 15 is 0 Å². The first-order valence-electron chi connectivity index (χ1n) is 13.7. The standard InChI is InChI=1S/C28H36N8O2/c1-20-6-8-23(9-7-20)36-26(32-38-25-19-30-35-15-5-12-29-27(25)35)18-24(31-36)22-10-16-33(17-11-22)21(2)28(37)34-13-3-4-14-34/h5-9,12,15,19,21-22,24,31H,3-4,10-11,13-14,16-18H2,1-2H3/b32-26-. The number of nitrogens with zero attached hydrogens (tertiary/aromatic N) is 7. The number of hydrazine groups is 1. The number of carbonyl (C=O) groups excluding carboxylic acids is 1. The number of hydrogen-bond donors (Lipinski definition) is 1. The Kier molecular flexibility index (Phi) is 6.99. The van der Waals surface area contributed by atoms with Gasteiger partial charge < -0.3 is 9.74 Å². The topological polar surface area (TPSA) is 90.6 Å². The molecule has 0 aliphatic carbocycles. The molecule has 2 unspecified atom stereocenters. The van der Waals surface area contributed by atoms with Crippen LogP contribution in [0, 0.1) is 12.8 Å². The van der Waals surface area contributed by atoms with E-state index in [4.69, 9.17) is 4.84 Å². The average molecular weight is 517 g/mol. The maximum absolute atomic E-state index is 12.9. The lowest BCUT2D eigenvalue weighted by molar-refractivity contribution is -0.135. The number of oxime groups is 1. The van der Waals surface area contributed by atoms with Crippen LogP contribution in [0.3, 0.4) is 0 Å². The second-order valence-electron chi connectivity index (χ2n) is 10.7. The van der Waals surface area contributed by atoms with Gasteiger partial charge in [-0.3, -0.25) is 14.7 Å². The summed E-state index contributed by atoms with van der Waals surface area (Å²) in [6, 6.07) is 10.4. The fraction of sp³-hybridized carbons (Fsp3) is 0.500. The third-order valence-corrected chi connectivity index (χ3v) is 8.21. The molecule has 2 aromatic heterocycles. The summed E-state index contributed by atoms with van der Waals surface area (Å²) in [5.74, 6) is 2.13. The summed E-state index contributed by atoms with van der Waals surface area (Å²) in [5, 5.41) is 10.9. The minimum atomic E-state index is -0.0420. The van der Waals surface area contributed by atoms with Crippen LogP contribution in [-0.2, 0) is 4.79 Å². The van der Waals surface area contributed by atoms with Crippen molar-refractivity contribution in [2.45, 2.75) is 58.0 Å². The highest BCUT2D eigenvalue weighted by molar-refractivity contribution is 5.99. The summed E-state index contributed by atoms with van der Waals surface area (Å²) in [4.78, 5) is 27.6. The van der Waals surface area contributed by atoms with Gasteiger partial charge in [-0.15, -0.1) is 0 Å². The minimum Gasteiger partial charge on any atom is -0.349 e. The number of hydrogen-bond acceptors (Lipinski definition) is 7. The van der Waals surface area contributed by atoms with Gasteiger partial charge in [-0.25, -0.2) is 14.9 Å². The fourth-order valence-electron chi connectivity index (χ4n) is 5.88. The second kappa shape index (κ2) is 10.7. The van der Waals surface area contributed by atoms with Crippen LogP contribution in [0.1, 0.15) is 44.6 Å². The van der Waals surface area contributed by atoms with E-state index in [0.29, 0.717) is 23.2 Å². The Hall–Kier alpha value is -3.50. The van der Waals surface area contributed by atoms with Crippen molar-refractivity contribution in [3.05, 3.63) is 54.5 Å². The lowest BCUT2D eigenvalue weighted by Crippen LogP contribution is -2.51. The molecule has 0 radical (unpaired) electrons. The Labute approximate surface area is 223 Å². The normalized spacial score (nSPS) is 23.0. The van der Waals surface area contributed by atoms with E-state index in [2.05, 4.69) is 68.7 Å². The number of amidine groups is 1. The van der Waals surface area contributed by atoms with Crippen LogP contribution in [0.15, 0.2) is 54.1 Å². The molecule has 0 saturated carbocycles. The van der Waals surface area contributed by atoms with Gasteiger partial charge >= 0.3 is 0 Å². The smallest absolute Gasteiger partial charge is 0.239 e. The van der Waals surface area contributed by atoms with E-state index in [-0.39, 0.29) is 12.1 Å². The van der Waals surface area contributed by atoms with Crippen LogP contribution < -0.4 is 15.3 Å². The zero-order valence-electron chi connectivity index (χ0n) is 22.2. The molecule has 1 aromatic carbocycles. The van der Waals surface area contributed by atoms with Gasteiger partial charge in [0.1, 0.15) is 0 Å². The number of rotatable bonds is 6. The number of piperidine rings is 1. The lowest BCUT2D eigenvalue weighted by Gasteiger charge is -2.38. The highest BCUT2D eigenvalue weighted by Crippen LogP contribution is 2.30. The van der Waals surface area contributed by atoms with Crippen molar-refractivity contribution in [1.82, 2.24) is 29.8 Å². The molecule has 1 amide bonds. The van der Waals surface area contributed by atoms with Crippen molar-refractivity contribution in [3.63, 3.8) is 0 Å². The largest absolute Gasteiger partial charge is 0.349 e. The predicted octanol–water partition coefficient (Wildman–Crippen LogP) is 3.24. The molecular formula is C28H36N8O2. The van der Waals surface area contributed by atoms with Gasteiger partial charge in [-0.2, -0.15) is 5.10 Å². The van der Waals surface area contributed by atoms with E-state index in [9.17, 15) is 4.79 Å². The second-order valence-corrected chi connectivity index (χ2v) is 10.7. The van der Waals surface area contributed by atoms with Crippen LogP contribution in [0.2, 0.25) is 0 Å². The van der Waals surface area contributed by atoms with E-state index in [1.54, 1.807) is 16.9 Å². The molecule has 200 valence electrons. The maximum atomic E-state index is 12.9. The van der Waals surface area contributed by atoms with E-state index in [1.165, 1.54) is 5.56 Å². The molecule has 3 aliphatic heterocycles. The molecule has 0 bridgehead atoms. The molecule has 10 nitrogen and oxygen atoms in total. The monoisotopic (exact) mass is 516 g/mol. The first-order valence-corrected chi connectivity index (χ1v) is 13.7. The average Bonchev–Trinajstić information content (AvgIpc) is 3.72. The van der Waals surface area contributed by atoms with Crippen molar-refractivity contribution in [1.29, 1.82) is 0 Å². The van der Waals surface area contributed by atoms with E-state index in [0.717, 1.165) is 69.8 Å². The number of likely N-dealkylation sites (tertiary alicyclic amines) is 2. The van der Waals surface area contributed by atoms with Gasteiger partial charge in [-0.05, 0) is 76.7 Å². The molecule has 10 heteroatoms. The number of amides is 1. The Morgan fingerprint density at radius 1 is 1.13 bits per heavy atom. The molecule has 5 heterocycles. The third kappa shape index (κ3) is 4.98. The number of fused-ring (bicyclic) bond motifs is 1. The van der Waals surface area contributed by atoms with Gasteiger partial charge in [0.25, 0.3) is 0 Å². The maximum Gasteiger partial charge on any atom is 0.239 e. The summed E-state index contributed by atoms with van der Waals surface area (Å²) in [6.45, 7) is 7.86. The molecule has 2 atom stereocenters. The summed E-state index contributed by atoms with van der Waals surface area (Å²) in [5.41, 5.74) is 6.59. The number of aryl methyl sites for hydroxylation is 1. The van der Waals surface area contributed by atoms with Crippen molar-refractivity contribution < 1.29 is 9.63 Å². The van der Waals surface area contributed by atoms with Crippen LogP contribution in [-0.4, -0.2) is 74.4 Å².